The number of piperazine rings is 1. The van der Waals surface area contributed by atoms with Crippen LogP contribution in [0.1, 0.15) is 32.1 Å². The Morgan fingerprint density at radius 1 is 1.08 bits per heavy atom. The lowest BCUT2D eigenvalue weighted by Gasteiger charge is -2.32. The minimum atomic E-state index is 0. The second-order valence-electron chi connectivity index (χ2n) is 6.58. The summed E-state index contributed by atoms with van der Waals surface area (Å²) in [5, 5.41) is 6.45. The molecule has 0 unspecified atom stereocenters. The Balaban J connectivity index is 0. The SMILES string of the molecule is CN1CCN(CCCNC(=O)CCC2CCNCC2)CC1.Cl.Cl.Cl. The molecule has 24 heavy (non-hydrogen) atoms. The van der Waals surface area contributed by atoms with Gasteiger partial charge in [-0.25, -0.2) is 0 Å². The van der Waals surface area contributed by atoms with Crippen LogP contribution in [0.3, 0.4) is 0 Å². The van der Waals surface area contributed by atoms with Gasteiger partial charge in [0.1, 0.15) is 0 Å². The van der Waals surface area contributed by atoms with Crippen molar-refractivity contribution in [1.29, 1.82) is 0 Å². The monoisotopic (exact) mass is 404 g/mol. The van der Waals surface area contributed by atoms with Crippen LogP contribution in [-0.4, -0.2) is 75.1 Å². The van der Waals surface area contributed by atoms with E-state index in [-0.39, 0.29) is 43.1 Å². The zero-order valence-electron chi connectivity index (χ0n) is 14.8. The van der Waals surface area contributed by atoms with Crippen molar-refractivity contribution in [2.45, 2.75) is 32.1 Å². The van der Waals surface area contributed by atoms with Crippen molar-refractivity contribution >= 4 is 43.1 Å². The third-order valence-electron chi connectivity index (χ3n) is 4.81. The number of carbonyl (C=O) groups excluding carboxylic acids is 1. The molecule has 8 heteroatoms. The van der Waals surface area contributed by atoms with Crippen LogP contribution in [0.25, 0.3) is 0 Å². The van der Waals surface area contributed by atoms with Crippen LogP contribution >= 0.6 is 37.2 Å². The molecule has 2 N–H and O–H groups in total. The first-order chi connectivity index (χ1) is 10.2. The smallest absolute Gasteiger partial charge is 0.220 e. The van der Waals surface area contributed by atoms with E-state index in [2.05, 4.69) is 27.5 Å². The molecule has 1 amide bonds. The number of rotatable bonds is 7. The normalized spacial score (nSPS) is 19.5. The molecule has 0 saturated carbocycles. The number of piperidine rings is 1. The highest BCUT2D eigenvalue weighted by Gasteiger charge is 2.15. The average molecular weight is 406 g/mol. The van der Waals surface area contributed by atoms with E-state index >= 15 is 0 Å². The number of amides is 1. The molecule has 0 bridgehead atoms. The van der Waals surface area contributed by atoms with Crippen molar-refractivity contribution < 1.29 is 4.79 Å². The molecule has 2 rings (SSSR count). The Hall–Kier alpha value is 0.220. The summed E-state index contributed by atoms with van der Waals surface area (Å²) < 4.78 is 0. The lowest BCUT2D eigenvalue weighted by atomic mass is 9.93. The van der Waals surface area contributed by atoms with Crippen LogP contribution in [0, 0.1) is 5.92 Å². The van der Waals surface area contributed by atoms with Gasteiger partial charge in [0.05, 0.1) is 0 Å². The van der Waals surface area contributed by atoms with Gasteiger partial charge < -0.3 is 20.4 Å². The van der Waals surface area contributed by atoms with Gasteiger partial charge in [0.15, 0.2) is 0 Å². The summed E-state index contributed by atoms with van der Waals surface area (Å²) in [7, 11) is 2.18. The van der Waals surface area contributed by atoms with Gasteiger partial charge in [-0.1, -0.05) is 0 Å². The van der Waals surface area contributed by atoms with Crippen LogP contribution < -0.4 is 10.6 Å². The fourth-order valence-corrected chi connectivity index (χ4v) is 3.20. The van der Waals surface area contributed by atoms with Crippen molar-refractivity contribution in [2.75, 3.05) is 59.4 Å². The number of nitrogens with zero attached hydrogens (tertiary/aromatic N) is 2. The largest absolute Gasteiger partial charge is 0.356 e. The van der Waals surface area contributed by atoms with Crippen LogP contribution in [0.15, 0.2) is 0 Å². The summed E-state index contributed by atoms with van der Waals surface area (Å²) in [5.41, 5.74) is 0. The van der Waals surface area contributed by atoms with Gasteiger partial charge in [0.2, 0.25) is 5.91 Å². The number of hydrogen-bond acceptors (Lipinski definition) is 4. The third-order valence-corrected chi connectivity index (χ3v) is 4.81. The number of likely N-dealkylation sites (N-methyl/N-ethyl adjacent to an activating group) is 1. The Morgan fingerprint density at radius 2 is 1.71 bits per heavy atom. The highest BCUT2D eigenvalue weighted by atomic mass is 35.5. The second-order valence-corrected chi connectivity index (χ2v) is 6.58. The number of halogens is 3. The molecule has 0 aromatic carbocycles. The molecule has 5 nitrogen and oxygen atoms in total. The summed E-state index contributed by atoms with van der Waals surface area (Å²) in [4.78, 5) is 16.7. The van der Waals surface area contributed by atoms with Crippen LogP contribution in [0.5, 0.6) is 0 Å². The highest BCUT2D eigenvalue weighted by molar-refractivity contribution is 5.86. The molecule has 2 fully saturated rings. The fraction of sp³-hybridized carbons (Fsp3) is 0.938. The third kappa shape index (κ3) is 11.0. The molecular weight excluding hydrogens is 371 g/mol. The maximum absolute atomic E-state index is 11.8. The molecule has 146 valence electrons. The van der Waals surface area contributed by atoms with Crippen LogP contribution in [-0.2, 0) is 4.79 Å². The van der Waals surface area contributed by atoms with Crippen LogP contribution in [0.4, 0.5) is 0 Å². The standard InChI is InChI=1S/C16H32N4O.3ClH/c1-19-11-13-20(14-12-19)10-2-7-18-16(21)4-3-15-5-8-17-9-6-15;;;/h15,17H,2-14H2,1H3,(H,18,21);3*1H. The fourth-order valence-electron chi connectivity index (χ4n) is 3.20. The molecule has 0 aliphatic carbocycles. The van der Waals surface area contributed by atoms with E-state index in [0.717, 1.165) is 44.9 Å². The Labute approximate surface area is 165 Å². The first kappa shape index (κ1) is 26.4. The van der Waals surface area contributed by atoms with Gasteiger partial charge >= 0.3 is 0 Å². The maximum atomic E-state index is 11.8. The molecule has 2 aliphatic heterocycles. The number of nitrogens with one attached hydrogen (secondary N) is 2. The Kier molecular flexibility index (Phi) is 17.1. The molecule has 0 radical (unpaired) electrons. The van der Waals surface area contributed by atoms with E-state index in [1.54, 1.807) is 0 Å². The molecule has 0 atom stereocenters. The Morgan fingerprint density at radius 3 is 2.33 bits per heavy atom. The first-order valence-corrected chi connectivity index (χ1v) is 8.62. The minimum Gasteiger partial charge on any atom is -0.356 e. The molecule has 2 saturated heterocycles. The summed E-state index contributed by atoms with van der Waals surface area (Å²) in [6, 6.07) is 0. The maximum Gasteiger partial charge on any atom is 0.220 e. The zero-order chi connectivity index (χ0) is 14.9. The van der Waals surface area contributed by atoms with Gasteiger partial charge in [-0.2, -0.15) is 0 Å². The van der Waals surface area contributed by atoms with Crippen molar-refractivity contribution in [3.63, 3.8) is 0 Å². The van der Waals surface area contributed by atoms with Gasteiger partial charge in [0, 0.05) is 39.1 Å². The van der Waals surface area contributed by atoms with E-state index in [4.69, 9.17) is 0 Å². The topological polar surface area (TPSA) is 47.6 Å². The predicted octanol–water partition coefficient (Wildman–Crippen LogP) is 1.79. The summed E-state index contributed by atoms with van der Waals surface area (Å²) in [6.07, 6.45) is 5.31. The van der Waals surface area contributed by atoms with Crippen molar-refractivity contribution in [3.8, 4) is 0 Å². The van der Waals surface area contributed by atoms with Crippen molar-refractivity contribution in [2.24, 2.45) is 5.92 Å². The molecule has 2 heterocycles. The van der Waals surface area contributed by atoms with Gasteiger partial charge in [0.25, 0.3) is 0 Å². The predicted molar refractivity (Wildman–Crippen MR) is 108 cm³/mol. The summed E-state index contributed by atoms with van der Waals surface area (Å²) >= 11 is 0. The van der Waals surface area contributed by atoms with Gasteiger partial charge in [-0.05, 0) is 58.3 Å². The van der Waals surface area contributed by atoms with Gasteiger partial charge in [-0.3, -0.25) is 4.79 Å². The quantitative estimate of drug-likeness (QED) is 0.634. The first-order valence-electron chi connectivity index (χ1n) is 8.62. The molecule has 2 aliphatic rings. The lowest BCUT2D eigenvalue weighted by molar-refractivity contribution is -0.121. The van der Waals surface area contributed by atoms with Crippen LogP contribution in [0.2, 0.25) is 0 Å². The molecular formula is C16H35Cl3N4O. The summed E-state index contributed by atoms with van der Waals surface area (Å²) in [6.45, 7) is 8.86. The van der Waals surface area contributed by atoms with E-state index in [1.807, 2.05) is 0 Å². The van der Waals surface area contributed by atoms with Crippen molar-refractivity contribution in [3.05, 3.63) is 0 Å². The molecule has 0 aromatic rings. The second kappa shape index (κ2) is 15.5. The minimum absolute atomic E-state index is 0. The van der Waals surface area contributed by atoms with E-state index in [9.17, 15) is 4.79 Å². The molecule has 0 aromatic heterocycles. The highest BCUT2D eigenvalue weighted by Crippen LogP contribution is 2.17. The van der Waals surface area contributed by atoms with Gasteiger partial charge in [-0.15, -0.1) is 37.2 Å². The van der Waals surface area contributed by atoms with E-state index < -0.39 is 0 Å². The van der Waals surface area contributed by atoms with E-state index in [0.29, 0.717) is 6.42 Å². The average Bonchev–Trinajstić information content (AvgIpc) is 2.52. The zero-order valence-corrected chi connectivity index (χ0v) is 17.2. The summed E-state index contributed by atoms with van der Waals surface area (Å²) in [5.74, 6) is 0.995. The molecule has 0 spiro atoms. The van der Waals surface area contributed by atoms with E-state index in [1.165, 1.54) is 39.0 Å². The van der Waals surface area contributed by atoms with Crippen molar-refractivity contribution in [1.82, 2.24) is 20.4 Å². The number of hydrogen-bond donors (Lipinski definition) is 2. The Bertz CT molecular complexity index is 310. The number of carbonyl (C=O) groups is 1. The lowest BCUT2D eigenvalue weighted by Crippen LogP contribution is -2.45.